The van der Waals surface area contributed by atoms with Crippen LogP contribution in [-0.4, -0.2) is 9.93 Å². The standard InChI is InChI=1S/C13H19BrO/c1-10(2)8-9-12(14)13(15)11-6-4-3-5-7-11/h3-7,10,12-13,15H,8-9H2,1-2H3. The fourth-order valence-electron chi connectivity index (χ4n) is 1.51. The van der Waals surface area contributed by atoms with Crippen molar-refractivity contribution in [3.05, 3.63) is 35.9 Å². The number of hydrogen-bond acceptors (Lipinski definition) is 1. The zero-order valence-electron chi connectivity index (χ0n) is 9.36. The van der Waals surface area contributed by atoms with E-state index in [2.05, 4.69) is 29.8 Å². The van der Waals surface area contributed by atoms with Gasteiger partial charge in [-0.3, -0.25) is 0 Å². The number of halogens is 1. The van der Waals surface area contributed by atoms with E-state index < -0.39 is 6.10 Å². The number of benzene rings is 1. The highest BCUT2D eigenvalue weighted by molar-refractivity contribution is 9.09. The summed E-state index contributed by atoms with van der Waals surface area (Å²) in [5.74, 6) is 0.688. The SMILES string of the molecule is CC(C)CCC(Br)C(O)c1ccccc1. The molecule has 1 aromatic rings. The van der Waals surface area contributed by atoms with Crippen molar-refractivity contribution in [2.24, 2.45) is 5.92 Å². The molecule has 1 rings (SSSR count). The highest BCUT2D eigenvalue weighted by atomic mass is 79.9. The maximum atomic E-state index is 10.1. The first-order valence-electron chi connectivity index (χ1n) is 5.48. The van der Waals surface area contributed by atoms with Crippen LogP contribution in [0.1, 0.15) is 38.4 Å². The van der Waals surface area contributed by atoms with Gasteiger partial charge in [-0.1, -0.05) is 60.1 Å². The molecule has 0 heterocycles. The summed E-state index contributed by atoms with van der Waals surface area (Å²) >= 11 is 3.56. The molecule has 0 amide bonds. The first-order valence-corrected chi connectivity index (χ1v) is 6.40. The van der Waals surface area contributed by atoms with Crippen LogP contribution in [0.3, 0.4) is 0 Å². The van der Waals surface area contributed by atoms with Gasteiger partial charge in [-0.2, -0.15) is 0 Å². The van der Waals surface area contributed by atoms with Gasteiger partial charge in [0.2, 0.25) is 0 Å². The van der Waals surface area contributed by atoms with Crippen LogP contribution in [0.5, 0.6) is 0 Å². The van der Waals surface area contributed by atoms with Crippen molar-refractivity contribution in [1.82, 2.24) is 0 Å². The Labute approximate surface area is 101 Å². The lowest BCUT2D eigenvalue weighted by atomic mass is 10.00. The molecule has 2 unspecified atom stereocenters. The lowest BCUT2D eigenvalue weighted by molar-refractivity contribution is 0.171. The molecule has 0 bridgehead atoms. The topological polar surface area (TPSA) is 20.2 Å². The third kappa shape index (κ3) is 4.35. The van der Waals surface area contributed by atoms with Crippen LogP contribution in [0.2, 0.25) is 0 Å². The summed E-state index contributed by atoms with van der Waals surface area (Å²) in [6, 6.07) is 9.82. The van der Waals surface area contributed by atoms with Crippen molar-refractivity contribution >= 4 is 15.9 Å². The molecular formula is C13H19BrO. The maximum absolute atomic E-state index is 10.1. The fourth-order valence-corrected chi connectivity index (χ4v) is 2.08. The van der Waals surface area contributed by atoms with Crippen molar-refractivity contribution in [2.75, 3.05) is 0 Å². The summed E-state index contributed by atoms with van der Waals surface area (Å²) in [5, 5.41) is 10.1. The summed E-state index contributed by atoms with van der Waals surface area (Å²) in [6.45, 7) is 4.41. The van der Waals surface area contributed by atoms with Crippen molar-refractivity contribution in [1.29, 1.82) is 0 Å². The lowest BCUT2D eigenvalue weighted by Gasteiger charge is -2.18. The van der Waals surface area contributed by atoms with E-state index in [1.54, 1.807) is 0 Å². The Kier molecular flexibility index (Phi) is 5.34. The molecule has 15 heavy (non-hydrogen) atoms. The molecule has 0 radical (unpaired) electrons. The van der Waals surface area contributed by atoms with E-state index in [1.165, 1.54) is 0 Å². The van der Waals surface area contributed by atoms with Crippen molar-refractivity contribution in [3.63, 3.8) is 0 Å². The summed E-state index contributed by atoms with van der Waals surface area (Å²) in [5.41, 5.74) is 0.989. The Bertz CT molecular complexity index is 271. The molecule has 0 aliphatic rings. The third-order valence-corrected chi connectivity index (χ3v) is 3.46. The Balaban J connectivity index is 2.49. The average molecular weight is 271 g/mol. The van der Waals surface area contributed by atoms with E-state index >= 15 is 0 Å². The minimum absolute atomic E-state index is 0.155. The van der Waals surface area contributed by atoms with Crippen LogP contribution >= 0.6 is 15.9 Å². The largest absolute Gasteiger partial charge is 0.387 e. The van der Waals surface area contributed by atoms with Crippen molar-refractivity contribution in [3.8, 4) is 0 Å². The Morgan fingerprint density at radius 3 is 2.27 bits per heavy atom. The van der Waals surface area contributed by atoms with E-state index in [0.29, 0.717) is 5.92 Å². The van der Waals surface area contributed by atoms with Crippen LogP contribution in [0, 0.1) is 5.92 Å². The molecular weight excluding hydrogens is 252 g/mol. The Morgan fingerprint density at radius 1 is 1.13 bits per heavy atom. The van der Waals surface area contributed by atoms with Gasteiger partial charge in [0, 0.05) is 4.83 Å². The minimum Gasteiger partial charge on any atom is -0.387 e. The molecule has 1 aromatic carbocycles. The van der Waals surface area contributed by atoms with Gasteiger partial charge in [-0.05, 0) is 24.3 Å². The number of hydrogen-bond donors (Lipinski definition) is 1. The highest BCUT2D eigenvalue weighted by Gasteiger charge is 2.17. The Morgan fingerprint density at radius 2 is 1.73 bits per heavy atom. The Hall–Kier alpha value is -0.340. The summed E-state index contributed by atoms with van der Waals surface area (Å²) in [6.07, 6.45) is 1.75. The zero-order chi connectivity index (χ0) is 11.3. The van der Waals surface area contributed by atoms with Crippen LogP contribution in [0.4, 0.5) is 0 Å². The predicted molar refractivity (Wildman–Crippen MR) is 68.2 cm³/mol. The quantitative estimate of drug-likeness (QED) is 0.805. The first-order chi connectivity index (χ1) is 7.11. The molecule has 1 nitrogen and oxygen atoms in total. The van der Waals surface area contributed by atoms with Crippen LogP contribution < -0.4 is 0 Å². The number of aliphatic hydroxyl groups is 1. The monoisotopic (exact) mass is 270 g/mol. The molecule has 0 saturated heterocycles. The molecule has 0 spiro atoms. The van der Waals surface area contributed by atoms with Crippen LogP contribution in [0.25, 0.3) is 0 Å². The van der Waals surface area contributed by atoms with Gasteiger partial charge in [0.15, 0.2) is 0 Å². The molecule has 0 fully saturated rings. The summed E-state index contributed by atoms with van der Waals surface area (Å²) in [4.78, 5) is 0.155. The second-order valence-corrected chi connectivity index (χ2v) is 5.52. The third-order valence-electron chi connectivity index (χ3n) is 2.50. The van der Waals surface area contributed by atoms with Crippen LogP contribution in [0.15, 0.2) is 30.3 Å². The smallest absolute Gasteiger partial charge is 0.0914 e. The van der Waals surface area contributed by atoms with Crippen molar-refractivity contribution < 1.29 is 5.11 Å². The van der Waals surface area contributed by atoms with E-state index in [1.807, 2.05) is 30.3 Å². The second kappa shape index (κ2) is 6.29. The highest BCUT2D eigenvalue weighted by Crippen LogP contribution is 2.26. The molecule has 1 N–H and O–H groups in total. The number of alkyl halides is 1. The van der Waals surface area contributed by atoms with Gasteiger partial charge in [0.25, 0.3) is 0 Å². The molecule has 2 heteroatoms. The molecule has 0 aliphatic carbocycles. The molecule has 0 aromatic heterocycles. The van der Waals surface area contributed by atoms with Gasteiger partial charge in [-0.25, -0.2) is 0 Å². The molecule has 84 valence electrons. The van der Waals surface area contributed by atoms with Gasteiger partial charge in [0.1, 0.15) is 0 Å². The van der Waals surface area contributed by atoms with E-state index in [-0.39, 0.29) is 4.83 Å². The van der Waals surface area contributed by atoms with E-state index in [4.69, 9.17) is 0 Å². The summed E-state index contributed by atoms with van der Waals surface area (Å²) < 4.78 is 0. The van der Waals surface area contributed by atoms with Gasteiger partial charge in [-0.15, -0.1) is 0 Å². The van der Waals surface area contributed by atoms with Gasteiger partial charge in [0.05, 0.1) is 6.10 Å². The van der Waals surface area contributed by atoms with E-state index in [9.17, 15) is 5.11 Å². The molecule has 0 aliphatic heterocycles. The number of aliphatic hydroxyl groups excluding tert-OH is 1. The zero-order valence-corrected chi connectivity index (χ0v) is 10.9. The van der Waals surface area contributed by atoms with Crippen molar-refractivity contribution in [2.45, 2.75) is 37.6 Å². The number of rotatable bonds is 5. The lowest BCUT2D eigenvalue weighted by Crippen LogP contribution is -2.12. The predicted octanol–water partition coefficient (Wildman–Crippen LogP) is 3.92. The second-order valence-electron chi connectivity index (χ2n) is 4.34. The first kappa shape index (κ1) is 12.7. The molecule has 0 saturated carbocycles. The van der Waals surface area contributed by atoms with E-state index in [0.717, 1.165) is 18.4 Å². The molecule has 2 atom stereocenters. The summed E-state index contributed by atoms with van der Waals surface area (Å²) in [7, 11) is 0. The maximum Gasteiger partial charge on any atom is 0.0914 e. The van der Waals surface area contributed by atoms with Crippen LogP contribution in [-0.2, 0) is 0 Å². The minimum atomic E-state index is -0.398. The van der Waals surface area contributed by atoms with Gasteiger partial charge < -0.3 is 5.11 Å². The average Bonchev–Trinajstić information content (AvgIpc) is 2.26. The fraction of sp³-hybridized carbons (Fsp3) is 0.538. The normalized spacial score (nSPS) is 15.3. The van der Waals surface area contributed by atoms with Gasteiger partial charge >= 0.3 is 0 Å².